The van der Waals surface area contributed by atoms with Gasteiger partial charge in [-0.1, -0.05) is 6.92 Å². The Balaban J connectivity index is 2.21. The smallest absolute Gasteiger partial charge is 0.220 e. The first kappa shape index (κ1) is 12.4. The number of nitrogens with one attached hydrogen (secondary N) is 1. The van der Waals surface area contributed by atoms with Gasteiger partial charge in [0.25, 0.3) is 0 Å². The molecule has 4 N–H and O–H groups in total. The van der Waals surface area contributed by atoms with Crippen molar-refractivity contribution in [2.24, 2.45) is 11.7 Å². The molecule has 0 aliphatic carbocycles. The Kier molecular flexibility index (Phi) is 4.50. The van der Waals surface area contributed by atoms with Crippen LogP contribution in [0.4, 0.5) is 0 Å². The van der Waals surface area contributed by atoms with Gasteiger partial charge >= 0.3 is 0 Å². The molecule has 0 aromatic rings. The van der Waals surface area contributed by atoms with E-state index in [2.05, 4.69) is 5.32 Å². The quantitative estimate of drug-likeness (QED) is 0.564. The molecule has 5 nitrogen and oxygen atoms in total. The molecule has 88 valence electrons. The van der Waals surface area contributed by atoms with Crippen molar-refractivity contribution in [2.75, 3.05) is 26.3 Å². The Morgan fingerprint density at radius 2 is 2.47 bits per heavy atom. The maximum atomic E-state index is 11.4. The second-order valence-electron chi connectivity index (χ2n) is 4.35. The molecule has 0 bridgehead atoms. The molecule has 15 heavy (non-hydrogen) atoms. The van der Waals surface area contributed by atoms with Crippen molar-refractivity contribution in [3.8, 4) is 0 Å². The molecule has 0 saturated carbocycles. The average molecular weight is 216 g/mol. The molecular weight excluding hydrogens is 196 g/mol. The molecule has 0 radical (unpaired) electrons. The lowest BCUT2D eigenvalue weighted by Gasteiger charge is -2.21. The molecule has 1 aliphatic rings. The minimum absolute atomic E-state index is 0.0618. The van der Waals surface area contributed by atoms with E-state index in [0.29, 0.717) is 32.6 Å². The second kappa shape index (κ2) is 5.44. The number of carbonyl (C=O) groups is 1. The molecule has 2 unspecified atom stereocenters. The standard InChI is InChI=1S/C10H20N2O3/c1-8(5-11)4-9(13)12-6-10(14)2-3-15-7-10/h8,14H,2-7,11H2,1H3,(H,12,13). The summed E-state index contributed by atoms with van der Waals surface area (Å²) in [4.78, 5) is 11.4. The lowest BCUT2D eigenvalue weighted by Crippen LogP contribution is -2.43. The van der Waals surface area contributed by atoms with Gasteiger partial charge in [-0.25, -0.2) is 0 Å². The number of hydrogen-bond donors (Lipinski definition) is 3. The summed E-state index contributed by atoms with van der Waals surface area (Å²) in [6.07, 6.45) is 0.993. The number of ether oxygens (including phenoxy) is 1. The topological polar surface area (TPSA) is 84.6 Å². The van der Waals surface area contributed by atoms with Crippen molar-refractivity contribution >= 4 is 5.91 Å². The Morgan fingerprint density at radius 3 is 3.00 bits per heavy atom. The van der Waals surface area contributed by atoms with Crippen molar-refractivity contribution in [1.29, 1.82) is 0 Å². The van der Waals surface area contributed by atoms with Gasteiger partial charge < -0.3 is 20.9 Å². The SMILES string of the molecule is CC(CN)CC(=O)NCC1(O)CCOC1. The van der Waals surface area contributed by atoms with E-state index < -0.39 is 5.60 Å². The number of nitrogens with two attached hydrogens (primary N) is 1. The highest BCUT2D eigenvalue weighted by atomic mass is 16.5. The zero-order chi connectivity index (χ0) is 11.3. The summed E-state index contributed by atoms with van der Waals surface area (Å²) < 4.78 is 5.07. The van der Waals surface area contributed by atoms with Gasteiger partial charge in [-0.3, -0.25) is 4.79 Å². The first-order valence-corrected chi connectivity index (χ1v) is 5.32. The largest absolute Gasteiger partial charge is 0.386 e. The van der Waals surface area contributed by atoms with Crippen LogP contribution >= 0.6 is 0 Å². The zero-order valence-corrected chi connectivity index (χ0v) is 9.16. The maximum absolute atomic E-state index is 11.4. The highest BCUT2D eigenvalue weighted by Crippen LogP contribution is 2.16. The van der Waals surface area contributed by atoms with Crippen LogP contribution in [0.25, 0.3) is 0 Å². The van der Waals surface area contributed by atoms with E-state index in [1.807, 2.05) is 6.92 Å². The van der Waals surface area contributed by atoms with Gasteiger partial charge in [0.2, 0.25) is 5.91 Å². The van der Waals surface area contributed by atoms with E-state index in [9.17, 15) is 9.90 Å². The predicted molar refractivity (Wildman–Crippen MR) is 56.2 cm³/mol. The summed E-state index contributed by atoms with van der Waals surface area (Å²) in [6.45, 7) is 3.56. The molecule has 0 aromatic carbocycles. The van der Waals surface area contributed by atoms with Gasteiger partial charge in [0.1, 0.15) is 5.60 Å². The summed E-state index contributed by atoms with van der Waals surface area (Å²) in [7, 11) is 0. The van der Waals surface area contributed by atoms with Crippen LogP contribution < -0.4 is 11.1 Å². The molecular formula is C10H20N2O3. The van der Waals surface area contributed by atoms with Crippen LogP contribution in [0, 0.1) is 5.92 Å². The molecule has 1 saturated heterocycles. The summed E-state index contributed by atoms with van der Waals surface area (Å²) in [5, 5.41) is 12.6. The summed E-state index contributed by atoms with van der Waals surface area (Å²) in [5.74, 6) is 0.118. The lowest BCUT2D eigenvalue weighted by atomic mass is 10.0. The Hall–Kier alpha value is -0.650. The molecule has 1 amide bonds. The number of aliphatic hydroxyl groups is 1. The lowest BCUT2D eigenvalue weighted by molar-refractivity contribution is -0.123. The molecule has 0 spiro atoms. The van der Waals surface area contributed by atoms with E-state index in [0.717, 1.165) is 0 Å². The fraction of sp³-hybridized carbons (Fsp3) is 0.900. The highest BCUT2D eigenvalue weighted by molar-refractivity contribution is 5.76. The average Bonchev–Trinajstić information content (AvgIpc) is 2.63. The molecule has 1 rings (SSSR count). The maximum Gasteiger partial charge on any atom is 0.220 e. The molecule has 0 aromatic heterocycles. The van der Waals surface area contributed by atoms with Crippen LogP contribution in [-0.4, -0.2) is 42.9 Å². The van der Waals surface area contributed by atoms with Crippen molar-refractivity contribution < 1.29 is 14.6 Å². The van der Waals surface area contributed by atoms with Gasteiger partial charge in [0, 0.05) is 26.0 Å². The van der Waals surface area contributed by atoms with Gasteiger partial charge in [-0.05, 0) is 12.5 Å². The Labute approximate surface area is 90.0 Å². The van der Waals surface area contributed by atoms with Crippen molar-refractivity contribution in [3.05, 3.63) is 0 Å². The minimum Gasteiger partial charge on any atom is -0.386 e. The third-order valence-corrected chi connectivity index (χ3v) is 2.63. The number of rotatable bonds is 5. The number of carbonyl (C=O) groups excluding carboxylic acids is 1. The van der Waals surface area contributed by atoms with Crippen molar-refractivity contribution in [2.45, 2.75) is 25.4 Å². The zero-order valence-electron chi connectivity index (χ0n) is 9.16. The molecule has 1 fully saturated rings. The molecule has 2 atom stereocenters. The number of hydrogen-bond acceptors (Lipinski definition) is 4. The van der Waals surface area contributed by atoms with E-state index in [-0.39, 0.29) is 18.4 Å². The second-order valence-corrected chi connectivity index (χ2v) is 4.35. The molecule has 1 heterocycles. The van der Waals surface area contributed by atoms with Crippen LogP contribution in [0.5, 0.6) is 0 Å². The first-order valence-electron chi connectivity index (χ1n) is 5.32. The molecule has 5 heteroatoms. The fourth-order valence-electron chi connectivity index (χ4n) is 1.47. The summed E-state index contributed by atoms with van der Waals surface area (Å²) in [6, 6.07) is 0. The van der Waals surface area contributed by atoms with Gasteiger partial charge in [0.05, 0.1) is 6.61 Å². The van der Waals surface area contributed by atoms with Crippen molar-refractivity contribution in [3.63, 3.8) is 0 Å². The monoisotopic (exact) mass is 216 g/mol. The molecule has 1 aliphatic heterocycles. The third-order valence-electron chi connectivity index (χ3n) is 2.63. The van der Waals surface area contributed by atoms with Crippen molar-refractivity contribution in [1.82, 2.24) is 5.32 Å². The minimum atomic E-state index is -0.873. The van der Waals surface area contributed by atoms with E-state index >= 15 is 0 Å². The Morgan fingerprint density at radius 1 is 1.73 bits per heavy atom. The highest BCUT2D eigenvalue weighted by Gasteiger charge is 2.32. The van der Waals surface area contributed by atoms with Gasteiger partial charge in [0.15, 0.2) is 0 Å². The Bertz CT molecular complexity index is 215. The van der Waals surface area contributed by atoms with E-state index in [1.165, 1.54) is 0 Å². The van der Waals surface area contributed by atoms with Crippen LogP contribution in [0.1, 0.15) is 19.8 Å². The van der Waals surface area contributed by atoms with E-state index in [4.69, 9.17) is 10.5 Å². The number of amides is 1. The van der Waals surface area contributed by atoms with E-state index in [1.54, 1.807) is 0 Å². The predicted octanol–water partition coefficient (Wildman–Crippen LogP) is -0.761. The van der Waals surface area contributed by atoms with Crippen LogP contribution in [0.2, 0.25) is 0 Å². The van der Waals surface area contributed by atoms with Crippen LogP contribution in [0.15, 0.2) is 0 Å². The van der Waals surface area contributed by atoms with Gasteiger partial charge in [-0.15, -0.1) is 0 Å². The normalized spacial score (nSPS) is 27.7. The van der Waals surface area contributed by atoms with Crippen LogP contribution in [-0.2, 0) is 9.53 Å². The summed E-state index contributed by atoms with van der Waals surface area (Å²) >= 11 is 0. The first-order chi connectivity index (χ1) is 7.06. The summed E-state index contributed by atoms with van der Waals surface area (Å²) in [5.41, 5.74) is 4.54. The fourth-order valence-corrected chi connectivity index (χ4v) is 1.47. The van der Waals surface area contributed by atoms with Gasteiger partial charge in [-0.2, -0.15) is 0 Å². The van der Waals surface area contributed by atoms with Crippen LogP contribution in [0.3, 0.4) is 0 Å². The third kappa shape index (κ3) is 4.15.